The quantitative estimate of drug-likeness (QED) is 0.894. The molecule has 116 valence electrons. The summed E-state index contributed by atoms with van der Waals surface area (Å²) in [5.41, 5.74) is 6.25. The Morgan fingerprint density at radius 2 is 2.32 bits per heavy atom. The predicted octanol–water partition coefficient (Wildman–Crippen LogP) is 0.635. The topological polar surface area (TPSA) is 89.9 Å². The van der Waals surface area contributed by atoms with Crippen LogP contribution >= 0.6 is 0 Å². The molecule has 1 fully saturated rings. The number of nitrogens with zero attached hydrogens (tertiary/aromatic N) is 5. The van der Waals surface area contributed by atoms with Crippen LogP contribution in [0.15, 0.2) is 24.8 Å². The number of hydrogen-bond donors (Lipinski definition) is 1. The molecule has 3 rings (SSSR count). The van der Waals surface area contributed by atoms with Crippen molar-refractivity contribution in [3.63, 3.8) is 0 Å². The molecule has 1 amide bonds. The number of hydrogen-bond acceptors (Lipinski definition) is 5. The van der Waals surface area contributed by atoms with Crippen LogP contribution in [-0.4, -0.2) is 50.0 Å². The van der Waals surface area contributed by atoms with Crippen molar-refractivity contribution in [1.29, 1.82) is 0 Å². The van der Waals surface area contributed by atoms with Crippen molar-refractivity contribution in [3.8, 4) is 5.82 Å². The van der Waals surface area contributed by atoms with Crippen molar-refractivity contribution < 1.29 is 4.79 Å². The third-order valence-corrected chi connectivity index (χ3v) is 4.02. The minimum absolute atomic E-state index is 0.282. The van der Waals surface area contributed by atoms with E-state index in [2.05, 4.69) is 14.9 Å². The molecule has 7 heteroatoms. The Kier molecular flexibility index (Phi) is 4.15. The van der Waals surface area contributed by atoms with E-state index >= 15 is 0 Å². The van der Waals surface area contributed by atoms with E-state index < -0.39 is 0 Å². The average molecular weight is 300 g/mol. The lowest BCUT2D eigenvalue weighted by molar-refractivity contribution is -0.119. The van der Waals surface area contributed by atoms with Crippen LogP contribution in [0.4, 0.5) is 0 Å². The number of nitrogens with two attached hydrogens (primary N) is 1. The molecular weight excluding hydrogens is 280 g/mol. The molecule has 7 nitrogen and oxygen atoms in total. The lowest BCUT2D eigenvalue weighted by atomic mass is 9.95. The molecule has 1 unspecified atom stereocenters. The monoisotopic (exact) mass is 300 g/mol. The lowest BCUT2D eigenvalue weighted by Gasteiger charge is -2.31. The Morgan fingerprint density at radius 3 is 3.05 bits per heavy atom. The summed E-state index contributed by atoms with van der Waals surface area (Å²) < 4.78 is 1.92. The van der Waals surface area contributed by atoms with E-state index in [0.717, 1.165) is 43.3 Å². The fraction of sp³-hybridized carbons (Fsp3) is 0.467. The van der Waals surface area contributed by atoms with Crippen LogP contribution in [-0.2, 0) is 4.79 Å². The Balaban J connectivity index is 1.80. The number of aromatic nitrogens is 4. The van der Waals surface area contributed by atoms with Gasteiger partial charge in [0.25, 0.3) is 0 Å². The highest BCUT2D eigenvalue weighted by Crippen LogP contribution is 2.25. The summed E-state index contributed by atoms with van der Waals surface area (Å²) in [6.45, 7) is 3.95. The first-order valence-corrected chi connectivity index (χ1v) is 7.46. The number of carbonyl (C=O) groups excluding carboxylic acids is 1. The highest BCUT2D eigenvalue weighted by atomic mass is 16.1. The fourth-order valence-corrected chi connectivity index (χ4v) is 2.96. The second-order valence-corrected chi connectivity index (χ2v) is 5.69. The van der Waals surface area contributed by atoms with Gasteiger partial charge in [-0.3, -0.25) is 19.2 Å². The maximum absolute atomic E-state index is 11.1. The molecule has 0 bridgehead atoms. The van der Waals surface area contributed by atoms with E-state index in [9.17, 15) is 4.79 Å². The van der Waals surface area contributed by atoms with Crippen molar-refractivity contribution in [3.05, 3.63) is 36.3 Å². The minimum Gasteiger partial charge on any atom is -0.369 e. The first-order valence-electron chi connectivity index (χ1n) is 7.46. The molecule has 0 saturated carbocycles. The van der Waals surface area contributed by atoms with E-state index in [1.807, 2.05) is 23.9 Å². The van der Waals surface area contributed by atoms with Crippen molar-refractivity contribution in [1.82, 2.24) is 24.4 Å². The zero-order valence-electron chi connectivity index (χ0n) is 12.6. The maximum Gasteiger partial charge on any atom is 0.231 e. The standard InChI is InChI=1S/C15H20N6O/c1-11-18-4-6-21(11)15-8-17-7-13(19-15)12-3-2-5-20(9-12)10-14(16)22/h4,6-8,12H,2-3,5,9-10H2,1H3,(H2,16,22). The molecule has 1 atom stereocenters. The zero-order valence-corrected chi connectivity index (χ0v) is 12.6. The Labute approximate surface area is 129 Å². The number of rotatable bonds is 4. The van der Waals surface area contributed by atoms with Crippen LogP contribution in [0.5, 0.6) is 0 Å². The smallest absolute Gasteiger partial charge is 0.231 e. The molecule has 1 aliphatic heterocycles. The van der Waals surface area contributed by atoms with Crippen LogP contribution in [0.2, 0.25) is 0 Å². The second-order valence-electron chi connectivity index (χ2n) is 5.69. The van der Waals surface area contributed by atoms with Crippen LogP contribution in [0.3, 0.4) is 0 Å². The molecule has 3 heterocycles. The van der Waals surface area contributed by atoms with Gasteiger partial charge in [-0.05, 0) is 26.3 Å². The molecule has 0 radical (unpaired) electrons. The van der Waals surface area contributed by atoms with Gasteiger partial charge in [0.1, 0.15) is 5.82 Å². The Bertz CT molecular complexity index is 668. The number of primary amides is 1. The molecule has 0 spiro atoms. The highest BCUT2D eigenvalue weighted by Gasteiger charge is 2.23. The number of aryl methyl sites for hydroxylation is 1. The van der Waals surface area contributed by atoms with Crippen LogP contribution in [0, 0.1) is 6.92 Å². The van der Waals surface area contributed by atoms with Gasteiger partial charge in [0.2, 0.25) is 5.91 Å². The number of amides is 1. The molecule has 22 heavy (non-hydrogen) atoms. The van der Waals surface area contributed by atoms with Gasteiger partial charge in [-0.1, -0.05) is 0 Å². The summed E-state index contributed by atoms with van der Waals surface area (Å²) in [5, 5.41) is 0. The first kappa shape index (κ1) is 14.6. The normalized spacial score (nSPS) is 19.2. The van der Waals surface area contributed by atoms with Crippen molar-refractivity contribution in [2.75, 3.05) is 19.6 Å². The van der Waals surface area contributed by atoms with E-state index in [4.69, 9.17) is 10.7 Å². The first-order chi connectivity index (χ1) is 10.6. The molecule has 1 aliphatic rings. The summed E-state index contributed by atoms with van der Waals surface area (Å²) in [7, 11) is 0. The molecule has 0 aromatic carbocycles. The second kappa shape index (κ2) is 6.23. The summed E-state index contributed by atoms with van der Waals surface area (Å²) in [5.74, 6) is 1.66. The van der Waals surface area contributed by atoms with Gasteiger partial charge in [0.15, 0.2) is 5.82 Å². The molecular formula is C15H20N6O. The van der Waals surface area contributed by atoms with Crippen LogP contribution in [0.1, 0.15) is 30.3 Å². The van der Waals surface area contributed by atoms with E-state index in [1.165, 1.54) is 0 Å². The largest absolute Gasteiger partial charge is 0.369 e. The van der Waals surface area contributed by atoms with Crippen molar-refractivity contribution >= 4 is 5.91 Å². The molecule has 2 aromatic rings. The number of piperidine rings is 1. The zero-order chi connectivity index (χ0) is 15.5. The van der Waals surface area contributed by atoms with E-state index in [-0.39, 0.29) is 11.8 Å². The molecule has 2 aromatic heterocycles. The summed E-state index contributed by atoms with van der Waals surface area (Å²) in [6, 6.07) is 0. The lowest BCUT2D eigenvalue weighted by Crippen LogP contribution is -2.40. The van der Waals surface area contributed by atoms with Gasteiger partial charge in [0, 0.05) is 31.1 Å². The molecule has 0 aliphatic carbocycles. The van der Waals surface area contributed by atoms with Gasteiger partial charge in [-0.25, -0.2) is 9.97 Å². The average Bonchev–Trinajstić information content (AvgIpc) is 2.93. The number of carbonyl (C=O) groups is 1. The molecule has 1 saturated heterocycles. The Morgan fingerprint density at radius 1 is 1.45 bits per heavy atom. The summed E-state index contributed by atoms with van der Waals surface area (Å²) in [4.78, 5) is 26.5. The predicted molar refractivity (Wildman–Crippen MR) is 81.5 cm³/mol. The summed E-state index contributed by atoms with van der Waals surface area (Å²) in [6.07, 6.45) is 9.27. The van der Waals surface area contributed by atoms with Gasteiger partial charge < -0.3 is 5.73 Å². The number of imidazole rings is 1. The van der Waals surface area contributed by atoms with E-state index in [0.29, 0.717) is 6.54 Å². The highest BCUT2D eigenvalue weighted by molar-refractivity contribution is 5.75. The van der Waals surface area contributed by atoms with Gasteiger partial charge in [-0.15, -0.1) is 0 Å². The van der Waals surface area contributed by atoms with Crippen LogP contribution in [0.25, 0.3) is 5.82 Å². The Hall–Kier alpha value is -2.28. The SMILES string of the molecule is Cc1nccn1-c1cncc(C2CCCN(CC(N)=O)C2)n1. The summed E-state index contributed by atoms with van der Waals surface area (Å²) >= 11 is 0. The van der Waals surface area contributed by atoms with Gasteiger partial charge >= 0.3 is 0 Å². The third-order valence-electron chi connectivity index (χ3n) is 4.02. The minimum atomic E-state index is -0.283. The fourth-order valence-electron chi connectivity index (χ4n) is 2.96. The van der Waals surface area contributed by atoms with Gasteiger partial charge in [-0.2, -0.15) is 0 Å². The van der Waals surface area contributed by atoms with Crippen molar-refractivity contribution in [2.24, 2.45) is 5.73 Å². The van der Waals surface area contributed by atoms with Gasteiger partial charge in [0.05, 0.1) is 18.4 Å². The van der Waals surface area contributed by atoms with Crippen molar-refractivity contribution in [2.45, 2.75) is 25.7 Å². The number of likely N-dealkylation sites (tertiary alicyclic amines) is 1. The van der Waals surface area contributed by atoms with E-state index in [1.54, 1.807) is 12.4 Å². The molecule has 2 N–H and O–H groups in total. The maximum atomic E-state index is 11.1. The van der Waals surface area contributed by atoms with Crippen LogP contribution < -0.4 is 5.73 Å². The third kappa shape index (κ3) is 3.14.